The monoisotopic (exact) mass is 155 g/mol. The van der Waals surface area contributed by atoms with Crippen molar-refractivity contribution in [2.75, 3.05) is 13.1 Å². The molecule has 0 aliphatic rings. The van der Waals surface area contributed by atoms with E-state index < -0.39 is 0 Å². The molecule has 0 unspecified atom stereocenters. The molecular weight excluding hydrogens is 134 g/mol. The van der Waals surface area contributed by atoms with Gasteiger partial charge in [0.05, 0.1) is 0 Å². The first-order valence-corrected chi connectivity index (χ1v) is 4.59. The van der Waals surface area contributed by atoms with E-state index in [4.69, 9.17) is 0 Å². The van der Waals surface area contributed by atoms with Crippen LogP contribution in [0.4, 0.5) is 0 Å². The van der Waals surface area contributed by atoms with E-state index in [1.807, 2.05) is 0 Å². The lowest BCUT2D eigenvalue weighted by atomic mass is 10.1. The first-order chi connectivity index (χ1) is 5.17. The van der Waals surface area contributed by atoms with Crippen LogP contribution in [0, 0.1) is 0 Å². The van der Waals surface area contributed by atoms with Crippen LogP contribution < -0.4 is 0 Å². The molecular formula is C10H21N. The molecule has 0 fully saturated rings. The molecule has 1 heteroatoms. The minimum atomic E-state index is 0.551. The van der Waals surface area contributed by atoms with Crippen molar-refractivity contribution in [1.82, 2.24) is 4.90 Å². The van der Waals surface area contributed by atoms with Crippen LogP contribution in [0.2, 0.25) is 0 Å². The Kier molecular flexibility index (Phi) is 5.22. The Hall–Kier alpha value is -0.300. The molecule has 1 nitrogen and oxygen atoms in total. The highest BCUT2D eigenvalue weighted by molar-refractivity contribution is 5.02. The fourth-order valence-corrected chi connectivity index (χ4v) is 1.32. The molecule has 0 rings (SSSR count). The molecule has 0 aromatic carbocycles. The van der Waals surface area contributed by atoms with E-state index in [0.717, 1.165) is 19.5 Å². The van der Waals surface area contributed by atoms with Gasteiger partial charge in [0.25, 0.3) is 0 Å². The van der Waals surface area contributed by atoms with Gasteiger partial charge in [-0.2, -0.15) is 0 Å². The number of rotatable bonds is 5. The number of likely N-dealkylation sites (N-methyl/N-ethyl adjacent to an activating group) is 1. The summed E-state index contributed by atoms with van der Waals surface area (Å²) in [5.41, 5.74) is 1.34. The molecule has 0 spiro atoms. The Bertz CT molecular complexity index is 114. The van der Waals surface area contributed by atoms with Gasteiger partial charge in [-0.15, -0.1) is 0 Å². The highest BCUT2D eigenvalue weighted by atomic mass is 15.1. The SMILES string of the molecule is C=C(CC)[C@@H](C)N(CC)CC. The maximum Gasteiger partial charge on any atom is 0.0276 e. The van der Waals surface area contributed by atoms with E-state index in [2.05, 4.69) is 39.2 Å². The van der Waals surface area contributed by atoms with Crippen molar-refractivity contribution < 1.29 is 0 Å². The van der Waals surface area contributed by atoms with E-state index in [9.17, 15) is 0 Å². The van der Waals surface area contributed by atoms with Crippen molar-refractivity contribution in [3.63, 3.8) is 0 Å². The second-order valence-electron chi connectivity index (χ2n) is 2.91. The lowest BCUT2D eigenvalue weighted by Crippen LogP contribution is -2.33. The van der Waals surface area contributed by atoms with Gasteiger partial charge in [-0.05, 0) is 26.4 Å². The summed E-state index contributed by atoms with van der Waals surface area (Å²) in [6.45, 7) is 15.1. The van der Waals surface area contributed by atoms with E-state index in [1.54, 1.807) is 0 Å². The van der Waals surface area contributed by atoms with Crippen molar-refractivity contribution in [1.29, 1.82) is 0 Å². The molecule has 0 aromatic rings. The molecule has 11 heavy (non-hydrogen) atoms. The first-order valence-electron chi connectivity index (χ1n) is 4.59. The van der Waals surface area contributed by atoms with Gasteiger partial charge in [0.15, 0.2) is 0 Å². The Morgan fingerprint density at radius 2 is 1.73 bits per heavy atom. The van der Waals surface area contributed by atoms with Crippen molar-refractivity contribution in [3.8, 4) is 0 Å². The highest BCUT2D eigenvalue weighted by Crippen LogP contribution is 2.10. The van der Waals surface area contributed by atoms with Crippen LogP contribution >= 0.6 is 0 Å². The third-order valence-corrected chi connectivity index (χ3v) is 2.41. The predicted octanol–water partition coefficient (Wildman–Crippen LogP) is 2.68. The quantitative estimate of drug-likeness (QED) is 0.552. The summed E-state index contributed by atoms with van der Waals surface area (Å²) in [6.07, 6.45) is 1.09. The Morgan fingerprint density at radius 1 is 1.27 bits per heavy atom. The zero-order valence-corrected chi connectivity index (χ0v) is 8.35. The van der Waals surface area contributed by atoms with Gasteiger partial charge in [0.1, 0.15) is 0 Å². The maximum absolute atomic E-state index is 4.05. The van der Waals surface area contributed by atoms with Gasteiger partial charge >= 0.3 is 0 Å². The van der Waals surface area contributed by atoms with Crippen LogP contribution in [0.3, 0.4) is 0 Å². The second kappa shape index (κ2) is 5.36. The van der Waals surface area contributed by atoms with Crippen LogP contribution in [0.1, 0.15) is 34.1 Å². The van der Waals surface area contributed by atoms with Crippen molar-refractivity contribution >= 4 is 0 Å². The summed E-state index contributed by atoms with van der Waals surface area (Å²) in [7, 11) is 0. The largest absolute Gasteiger partial charge is 0.298 e. The van der Waals surface area contributed by atoms with Crippen LogP contribution in [0.25, 0.3) is 0 Å². The van der Waals surface area contributed by atoms with Crippen molar-refractivity contribution in [3.05, 3.63) is 12.2 Å². The van der Waals surface area contributed by atoms with E-state index in [1.165, 1.54) is 5.57 Å². The van der Waals surface area contributed by atoms with E-state index in [0.29, 0.717) is 6.04 Å². The molecule has 0 aliphatic heterocycles. The average molecular weight is 155 g/mol. The molecule has 0 amide bonds. The van der Waals surface area contributed by atoms with Crippen LogP contribution in [0.15, 0.2) is 12.2 Å². The molecule has 0 saturated heterocycles. The summed E-state index contributed by atoms with van der Waals surface area (Å²) in [6, 6.07) is 0.551. The fourth-order valence-electron chi connectivity index (χ4n) is 1.32. The fraction of sp³-hybridized carbons (Fsp3) is 0.800. The normalized spacial score (nSPS) is 13.5. The molecule has 0 aliphatic carbocycles. The maximum atomic E-state index is 4.05. The number of hydrogen-bond donors (Lipinski definition) is 0. The summed E-state index contributed by atoms with van der Waals surface area (Å²) in [5, 5.41) is 0. The smallest absolute Gasteiger partial charge is 0.0276 e. The van der Waals surface area contributed by atoms with Gasteiger partial charge in [-0.25, -0.2) is 0 Å². The van der Waals surface area contributed by atoms with Crippen LogP contribution in [-0.4, -0.2) is 24.0 Å². The molecule has 1 atom stereocenters. The summed E-state index contributed by atoms with van der Waals surface area (Å²) < 4.78 is 0. The molecule has 0 heterocycles. The molecule has 0 aromatic heterocycles. The standard InChI is InChI=1S/C10H21N/c1-6-9(4)10(5)11(7-2)8-3/h10H,4,6-8H2,1-3,5H3/t10-/m1/s1. The van der Waals surface area contributed by atoms with E-state index in [-0.39, 0.29) is 0 Å². The molecule has 0 radical (unpaired) electrons. The zero-order chi connectivity index (χ0) is 8.85. The summed E-state index contributed by atoms with van der Waals surface area (Å²) in [4.78, 5) is 2.42. The second-order valence-corrected chi connectivity index (χ2v) is 2.91. The lowest BCUT2D eigenvalue weighted by Gasteiger charge is -2.27. The molecule has 0 saturated carbocycles. The Balaban J connectivity index is 3.97. The Morgan fingerprint density at radius 3 is 2.00 bits per heavy atom. The topological polar surface area (TPSA) is 3.24 Å². The van der Waals surface area contributed by atoms with Crippen molar-refractivity contribution in [2.45, 2.75) is 40.2 Å². The average Bonchev–Trinajstić information content (AvgIpc) is 2.05. The van der Waals surface area contributed by atoms with Gasteiger partial charge in [0, 0.05) is 6.04 Å². The van der Waals surface area contributed by atoms with Crippen LogP contribution in [-0.2, 0) is 0 Å². The number of nitrogens with zero attached hydrogens (tertiary/aromatic N) is 1. The summed E-state index contributed by atoms with van der Waals surface area (Å²) in [5.74, 6) is 0. The zero-order valence-electron chi connectivity index (χ0n) is 8.35. The third-order valence-electron chi connectivity index (χ3n) is 2.41. The van der Waals surface area contributed by atoms with E-state index >= 15 is 0 Å². The molecule has 0 N–H and O–H groups in total. The van der Waals surface area contributed by atoms with Gasteiger partial charge in [-0.3, -0.25) is 4.90 Å². The molecule has 0 bridgehead atoms. The first kappa shape index (κ1) is 10.7. The minimum Gasteiger partial charge on any atom is -0.298 e. The Labute approximate surface area is 71.1 Å². The summed E-state index contributed by atoms with van der Waals surface area (Å²) >= 11 is 0. The van der Waals surface area contributed by atoms with Gasteiger partial charge < -0.3 is 0 Å². The minimum absolute atomic E-state index is 0.551. The van der Waals surface area contributed by atoms with Gasteiger partial charge in [-0.1, -0.05) is 32.9 Å². The highest BCUT2D eigenvalue weighted by Gasteiger charge is 2.10. The molecule has 66 valence electrons. The van der Waals surface area contributed by atoms with Crippen molar-refractivity contribution in [2.24, 2.45) is 0 Å². The predicted molar refractivity (Wildman–Crippen MR) is 51.8 cm³/mol. The lowest BCUT2D eigenvalue weighted by molar-refractivity contribution is 0.256. The van der Waals surface area contributed by atoms with Crippen LogP contribution in [0.5, 0.6) is 0 Å². The van der Waals surface area contributed by atoms with Gasteiger partial charge in [0.2, 0.25) is 0 Å². The third kappa shape index (κ3) is 3.06. The number of hydrogen-bond acceptors (Lipinski definition) is 1.